The number of amides is 1. The van der Waals surface area contributed by atoms with Crippen LogP contribution in [0.3, 0.4) is 0 Å². The molecule has 1 saturated heterocycles. The van der Waals surface area contributed by atoms with Crippen molar-refractivity contribution in [3.8, 4) is 0 Å². The number of sulfonamides is 1. The van der Waals surface area contributed by atoms with Crippen LogP contribution < -0.4 is 5.32 Å². The summed E-state index contributed by atoms with van der Waals surface area (Å²) in [5.74, 6) is 0.205. The molecule has 26 heavy (non-hydrogen) atoms. The van der Waals surface area contributed by atoms with Crippen molar-refractivity contribution in [1.29, 1.82) is 0 Å². The second-order valence-corrected chi connectivity index (χ2v) is 9.60. The zero-order valence-corrected chi connectivity index (χ0v) is 16.7. The summed E-state index contributed by atoms with van der Waals surface area (Å²) < 4.78 is 27.9. The number of hydrogen-bond donors (Lipinski definition) is 1. The molecule has 1 heterocycles. The Morgan fingerprint density at radius 1 is 1.27 bits per heavy atom. The van der Waals surface area contributed by atoms with Gasteiger partial charge in [0.1, 0.15) is 0 Å². The maximum Gasteiger partial charge on any atom is 0.243 e. The topological polar surface area (TPSA) is 69.7 Å². The van der Waals surface area contributed by atoms with Gasteiger partial charge in [-0.25, -0.2) is 8.42 Å². The van der Waals surface area contributed by atoms with Crippen molar-refractivity contribution in [1.82, 2.24) is 14.5 Å². The highest BCUT2D eigenvalue weighted by molar-refractivity contribution is 7.89. The smallest absolute Gasteiger partial charge is 0.243 e. The van der Waals surface area contributed by atoms with Crippen LogP contribution in [0.1, 0.15) is 30.9 Å². The summed E-state index contributed by atoms with van der Waals surface area (Å²) in [5.41, 5.74) is 2.46. The first-order chi connectivity index (χ1) is 12.3. The maximum atomic E-state index is 13.2. The monoisotopic (exact) mass is 379 g/mol. The Kier molecular flexibility index (Phi) is 5.69. The number of carbonyl (C=O) groups is 1. The van der Waals surface area contributed by atoms with Crippen molar-refractivity contribution in [2.24, 2.45) is 5.92 Å². The highest BCUT2D eigenvalue weighted by atomic mass is 32.2. The molecule has 1 aromatic rings. The molecule has 0 radical (unpaired) electrons. The minimum atomic E-state index is -3.49. The number of hydrogen-bond acceptors (Lipinski definition) is 4. The summed E-state index contributed by atoms with van der Waals surface area (Å²) in [7, 11) is 0.453. The van der Waals surface area contributed by atoms with Gasteiger partial charge in [-0.05, 0) is 69.0 Å². The average molecular weight is 380 g/mol. The number of fused-ring (bicyclic) bond motifs is 1. The number of aryl methyl sites for hydroxylation is 2. The van der Waals surface area contributed by atoms with E-state index in [0.29, 0.717) is 24.5 Å². The quantitative estimate of drug-likeness (QED) is 0.836. The molecule has 0 bridgehead atoms. The van der Waals surface area contributed by atoms with Crippen LogP contribution >= 0.6 is 0 Å². The Morgan fingerprint density at radius 3 is 2.69 bits per heavy atom. The van der Waals surface area contributed by atoms with Crippen LogP contribution in [0.25, 0.3) is 0 Å². The van der Waals surface area contributed by atoms with Crippen LogP contribution in [0.5, 0.6) is 0 Å². The number of nitrogens with one attached hydrogen (secondary N) is 1. The van der Waals surface area contributed by atoms with Gasteiger partial charge < -0.3 is 10.2 Å². The molecule has 1 amide bonds. The van der Waals surface area contributed by atoms with E-state index in [0.717, 1.165) is 25.7 Å². The normalized spacial score (nSPS) is 23.8. The highest BCUT2D eigenvalue weighted by Crippen LogP contribution is 2.29. The summed E-state index contributed by atoms with van der Waals surface area (Å²) in [6.07, 6.45) is 3.87. The van der Waals surface area contributed by atoms with Gasteiger partial charge in [-0.3, -0.25) is 4.79 Å². The van der Waals surface area contributed by atoms with Crippen molar-refractivity contribution in [2.75, 3.05) is 33.7 Å². The molecule has 2 atom stereocenters. The summed E-state index contributed by atoms with van der Waals surface area (Å²) in [6, 6.07) is 5.68. The molecular formula is C19H29N3O3S. The lowest BCUT2D eigenvalue weighted by Gasteiger charge is -2.41. The molecule has 1 fully saturated rings. The fourth-order valence-corrected chi connectivity index (χ4v) is 5.65. The van der Waals surface area contributed by atoms with Crippen LogP contribution in [-0.2, 0) is 27.7 Å². The third-order valence-corrected chi connectivity index (χ3v) is 7.53. The predicted octanol–water partition coefficient (Wildman–Crippen LogP) is 1.25. The molecule has 2 aliphatic rings. The predicted molar refractivity (Wildman–Crippen MR) is 101 cm³/mol. The van der Waals surface area contributed by atoms with Gasteiger partial charge in [0, 0.05) is 32.6 Å². The van der Waals surface area contributed by atoms with E-state index < -0.39 is 10.0 Å². The third-order valence-electron chi connectivity index (χ3n) is 5.67. The van der Waals surface area contributed by atoms with Crippen LogP contribution in [0.15, 0.2) is 23.1 Å². The second kappa shape index (κ2) is 7.66. The number of benzene rings is 1. The summed E-state index contributed by atoms with van der Waals surface area (Å²) in [5, 5.41) is 2.88. The molecule has 0 unspecified atom stereocenters. The Balaban J connectivity index is 1.77. The van der Waals surface area contributed by atoms with Gasteiger partial charge in [0.2, 0.25) is 15.9 Å². The van der Waals surface area contributed by atoms with E-state index in [2.05, 4.69) is 10.2 Å². The number of rotatable bonds is 5. The van der Waals surface area contributed by atoms with Gasteiger partial charge in [-0.1, -0.05) is 6.07 Å². The van der Waals surface area contributed by atoms with Gasteiger partial charge in [0.15, 0.2) is 0 Å². The first-order valence-corrected chi connectivity index (χ1v) is 10.8. The van der Waals surface area contributed by atoms with Crippen molar-refractivity contribution >= 4 is 15.9 Å². The molecule has 6 nitrogen and oxygen atoms in total. The molecule has 0 aromatic heterocycles. The van der Waals surface area contributed by atoms with Gasteiger partial charge in [0.05, 0.1) is 4.90 Å². The Morgan fingerprint density at radius 2 is 2.00 bits per heavy atom. The lowest BCUT2D eigenvalue weighted by atomic mass is 9.92. The van der Waals surface area contributed by atoms with E-state index in [1.807, 2.05) is 26.2 Å². The fourth-order valence-electron chi connectivity index (χ4n) is 4.13. The zero-order chi connectivity index (χ0) is 18.9. The van der Waals surface area contributed by atoms with Gasteiger partial charge >= 0.3 is 0 Å². The second-order valence-electron chi connectivity index (χ2n) is 7.66. The van der Waals surface area contributed by atoms with E-state index in [1.54, 1.807) is 10.4 Å². The highest BCUT2D eigenvalue weighted by Gasteiger charge is 2.36. The first-order valence-electron chi connectivity index (χ1n) is 9.32. The van der Waals surface area contributed by atoms with Gasteiger partial charge in [-0.15, -0.1) is 0 Å². The first kappa shape index (κ1) is 19.3. The molecule has 1 aromatic carbocycles. The van der Waals surface area contributed by atoms with Crippen molar-refractivity contribution in [3.63, 3.8) is 0 Å². The van der Waals surface area contributed by atoms with Crippen molar-refractivity contribution in [3.05, 3.63) is 29.3 Å². The minimum absolute atomic E-state index is 0.0456. The Hall–Kier alpha value is -1.44. The van der Waals surface area contributed by atoms with Crippen molar-refractivity contribution in [2.45, 2.75) is 43.5 Å². The summed E-state index contributed by atoms with van der Waals surface area (Å²) in [4.78, 5) is 13.7. The molecule has 1 N–H and O–H groups in total. The van der Waals surface area contributed by atoms with E-state index in [-0.39, 0.29) is 17.9 Å². The van der Waals surface area contributed by atoms with E-state index in [1.165, 1.54) is 18.1 Å². The average Bonchev–Trinajstić information content (AvgIpc) is 3.07. The number of likely N-dealkylation sites (N-methyl/N-ethyl adjacent to an activating group) is 1. The van der Waals surface area contributed by atoms with Crippen molar-refractivity contribution < 1.29 is 13.2 Å². The lowest BCUT2D eigenvalue weighted by molar-refractivity contribution is -0.119. The summed E-state index contributed by atoms with van der Waals surface area (Å²) in [6.45, 7) is 3.05. The Labute approximate surface area is 156 Å². The molecule has 144 valence electrons. The van der Waals surface area contributed by atoms with E-state index in [4.69, 9.17) is 0 Å². The van der Waals surface area contributed by atoms with E-state index in [9.17, 15) is 13.2 Å². The molecular weight excluding hydrogens is 350 g/mol. The van der Waals surface area contributed by atoms with E-state index >= 15 is 0 Å². The standard InChI is InChI=1S/C19H29N3O3S/c1-14(23)20-12-17-9-10-22(13-19(17)21(2)3)26(24,25)18-8-7-15-5-4-6-16(15)11-18/h7-8,11,17,19H,4-6,9-10,12-13H2,1-3H3,(H,20,23)/t17-,19-/m1/s1. The third kappa shape index (κ3) is 3.94. The fraction of sp³-hybridized carbons (Fsp3) is 0.632. The lowest BCUT2D eigenvalue weighted by Crippen LogP contribution is -2.54. The van der Waals surface area contributed by atoms with Crippen LogP contribution in [0.4, 0.5) is 0 Å². The van der Waals surface area contributed by atoms with Gasteiger partial charge in [-0.2, -0.15) is 4.31 Å². The molecule has 3 rings (SSSR count). The molecule has 7 heteroatoms. The van der Waals surface area contributed by atoms with Crippen LogP contribution in [0.2, 0.25) is 0 Å². The Bertz CT molecular complexity index is 776. The summed E-state index contributed by atoms with van der Waals surface area (Å²) >= 11 is 0. The molecule has 1 aliphatic carbocycles. The minimum Gasteiger partial charge on any atom is -0.356 e. The molecule has 0 spiro atoms. The largest absolute Gasteiger partial charge is 0.356 e. The molecule has 0 saturated carbocycles. The SMILES string of the molecule is CC(=O)NC[C@H]1CCN(S(=O)(=O)c2ccc3c(c2)CCC3)C[C@H]1N(C)C. The maximum absolute atomic E-state index is 13.2. The number of carbonyl (C=O) groups excluding carboxylic acids is 1. The number of nitrogens with zero attached hydrogens (tertiary/aromatic N) is 2. The van der Waals surface area contributed by atoms with Gasteiger partial charge in [0.25, 0.3) is 0 Å². The number of piperidine rings is 1. The molecule has 1 aliphatic heterocycles. The zero-order valence-electron chi connectivity index (χ0n) is 15.9. The van der Waals surface area contributed by atoms with Crippen LogP contribution in [-0.4, -0.2) is 63.3 Å². The van der Waals surface area contributed by atoms with Crippen LogP contribution in [0, 0.1) is 5.92 Å².